The third kappa shape index (κ3) is 3.05. The van der Waals surface area contributed by atoms with Crippen LogP contribution in [0.5, 0.6) is 0 Å². The smallest absolute Gasteiger partial charge is 0.274 e. The molecule has 126 valence electrons. The molecule has 1 atom stereocenters. The fraction of sp³-hybridized carbons (Fsp3) is 0.200. The molecule has 0 saturated carbocycles. The van der Waals surface area contributed by atoms with Crippen LogP contribution in [0.25, 0.3) is 11.3 Å². The van der Waals surface area contributed by atoms with Gasteiger partial charge in [-0.3, -0.25) is 4.79 Å². The summed E-state index contributed by atoms with van der Waals surface area (Å²) >= 11 is 0. The fourth-order valence-corrected chi connectivity index (χ4v) is 3.35. The van der Waals surface area contributed by atoms with Gasteiger partial charge in [-0.25, -0.2) is 9.37 Å². The van der Waals surface area contributed by atoms with Gasteiger partial charge < -0.3 is 9.73 Å². The lowest BCUT2D eigenvalue weighted by atomic mass is 9.87. The second-order valence-corrected chi connectivity index (χ2v) is 6.16. The number of aromatic nitrogens is 1. The molecule has 0 bridgehead atoms. The van der Waals surface area contributed by atoms with Crippen molar-refractivity contribution in [1.29, 1.82) is 0 Å². The van der Waals surface area contributed by atoms with Crippen LogP contribution in [0.4, 0.5) is 4.39 Å². The van der Waals surface area contributed by atoms with Gasteiger partial charge in [0.25, 0.3) is 5.91 Å². The van der Waals surface area contributed by atoms with Gasteiger partial charge in [0.1, 0.15) is 5.82 Å². The maximum Gasteiger partial charge on any atom is 0.274 e. The minimum absolute atomic E-state index is 0.215. The van der Waals surface area contributed by atoms with Gasteiger partial charge in [0.15, 0.2) is 17.8 Å². The van der Waals surface area contributed by atoms with Gasteiger partial charge in [0.05, 0.1) is 6.04 Å². The van der Waals surface area contributed by atoms with Crippen molar-refractivity contribution < 1.29 is 13.6 Å². The summed E-state index contributed by atoms with van der Waals surface area (Å²) in [5, 5.41) is 2.99. The van der Waals surface area contributed by atoms with Crippen LogP contribution in [0, 0.1) is 5.82 Å². The van der Waals surface area contributed by atoms with Crippen molar-refractivity contribution in [3.05, 3.63) is 77.6 Å². The molecule has 4 nitrogen and oxygen atoms in total. The molecule has 0 radical (unpaired) electrons. The number of halogens is 1. The van der Waals surface area contributed by atoms with Gasteiger partial charge in [-0.15, -0.1) is 0 Å². The number of nitrogens with zero attached hydrogens (tertiary/aromatic N) is 1. The Balaban J connectivity index is 1.61. The van der Waals surface area contributed by atoms with Gasteiger partial charge in [-0.05, 0) is 42.5 Å². The highest BCUT2D eigenvalue weighted by atomic mass is 19.1. The average Bonchev–Trinajstić information content (AvgIpc) is 3.13. The molecule has 2 aromatic carbocycles. The van der Waals surface area contributed by atoms with Crippen molar-refractivity contribution in [3.8, 4) is 11.3 Å². The number of carbonyl (C=O) groups excluding carboxylic acids is 1. The monoisotopic (exact) mass is 336 g/mol. The van der Waals surface area contributed by atoms with Crippen LogP contribution in [0.2, 0.25) is 0 Å². The first-order valence-corrected chi connectivity index (χ1v) is 8.30. The number of aryl methyl sites for hydroxylation is 1. The van der Waals surface area contributed by atoms with Crippen molar-refractivity contribution in [1.82, 2.24) is 10.3 Å². The number of fused-ring (bicyclic) bond motifs is 1. The molecule has 1 aliphatic carbocycles. The van der Waals surface area contributed by atoms with E-state index in [-0.39, 0.29) is 23.5 Å². The van der Waals surface area contributed by atoms with E-state index in [2.05, 4.69) is 10.3 Å². The minimum atomic E-state index is -0.310. The molecular weight excluding hydrogens is 319 g/mol. The zero-order valence-electron chi connectivity index (χ0n) is 13.5. The second kappa shape index (κ2) is 6.51. The zero-order valence-corrected chi connectivity index (χ0v) is 13.5. The molecule has 0 spiro atoms. The van der Waals surface area contributed by atoms with E-state index in [1.807, 2.05) is 30.3 Å². The average molecular weight is 336 g/mol. The number of rotatable bonds is 3. The van der Waals surface area contributed by atoms with E-state index >= 15 is 0 Å². The molecule has 1 aliphatic rings. The zero-order chi connectivity index (χ0) is 17.2. The SMILES string of the molecule is O=C(N[C@H]1CCCc2ccc(F)cc21)c1ncoc1-c1ccccc1. The summed E-state index contributed by atoms with van der Waals surface area (Å²) < 4.78 is 19.0. The lowest BCUT2D eigenvalue weighted by molar-refractivity contribution is 0.0928. The van der Waals surface area contributed by atoms with Crippen LogP contribution in [0.15, 0.2) is 59.3 Å². The van der Waals surface area contributed by atoms with E-state index in [0.717, 1.165) is 36.0 Å². The van der Waals surface area contributed by atoms with E-state index in [1.165, 1.54) is 18.5 Å². The summed E-state index contributed by atoms with van der Waals surface area (Å²) in [5.74, 6) is -0.158. The van der Waals surface area contributed by atoms with Crippen LogP contribution in [-0.4, -0.2) is 10.9 Å². The van der Waals surface area contributed by atoms with Crippen molar-refractivity contribution in [3.63, 3.8) is 0 Å². The van der Waals surface area contributed by atoms with E-state index in [0.29, 0.717) is 5.76 Å². The predicted molar refractivity (Wildman–Crippen MR) is 91.5 cm³/mol. The Labute approximate surface area is 144 Å². The highest BCUT2D eigenvalue weighted by Crippen LogP contribution is 2.31. The summed E-state index contributed by atoms with van der Waals surface area (Å²) in [6.07, 6.45) is 3.90. The van der Waals surface area contributed by atoms with Gasteiger partial charge >= 0.3 is 0 Å². The summed E-state index contributed by atoms with van der Waals surface area (Å²) in [5.41, 5.74) is 2.97. The van der Waals surface area contributed by atoms with E-state index < -0.39 is 0 Å². The molecule has 4 rings (SSSR count). The summed E-state index contributed by atoms with van der Waals surface area (Å²) in [6, 6.07) is 13.9. The quantitative estimate of drug-likeness (QED) is 0.776. The van der Waals surface area contributed by atoms with Crippen molar-refractivity contribution in [2.24, 2.45) is 0 Å². The molecule has 5 heteroatoms. The standard InChI is InChI=1S/C20H17FN2O2/c21-15-10-9-13-7-4-8-17(16(13)11-15)23-20(24)18-19(25-12-22-18)14-5-2-1-3-6-14/h1-3,5-6,9-12,17H,4,7-8H2,(H,23,24)/t17-/m0/s1. The van der Waals surface area contributed by atoms with Crippen LogP contribution < -0.4 is 5.32 Å². The molecule has 0 fully saturated rings. The lowest BCUT2D eigenvalue weighted by Crippen LogP contribution is -2.31. The van der Waals surface area contributed by atoms with Gasteiger partial charge in [0, 0.05) is 5.56 Å². The minimum Gasteiger partial charge on any atom is -0.443 e. The number of benzene rings is 2. The highest BCUT2D eigenvalue weighted by Gasteiger charge is 2.25. The number of oxazole rings is 1. The number of amides is 1. The normalized spacial score (nSPS) is 16.3. The van der Waals surface area contributed by atoms with Crippen LogP contribution in [0.1, 0.15) is 40.5 Å². The molecule has 1 heterocycles. The third-order valence-corrected chi connectivity index (χ3v) is 4.55. The second-order valence-electron chi connectivity index (χ2n) is 6.16. The molecule has 0 unspecified atom stereocenters. The van der Waals surface area contributed by atoms with E-state index in [9.17, 15) is 9.18 Å². The topological polar surface area (TPSA) is 55.1 Å². The predicted octanol–water partition coefficient (Wildman–Crippen LogP) is 4.29. The first-order chi connectivity index (χ1) is 12.2. The Hall–Kier alpha value is -2.95. The van der Waals surface area contributed by atoms with E-state index in [4.69, 9.17) is 4.42 Å². The van der Waals surface area contributed by atoms with Gasteiger partial charge in [-0.2, -0.15) is 0 Å². The van der Waals surface area contributed by atoms with E-state index in [1.54, 1.807) is 6.07 Å². The highest BCUT2D eigenvalue weighted by molar-refractivity contribution is 5.97. The number of carbonyl (C=O) groups is 1. The number of hydrogen-bond acceptors (Lipinski definition) is 3. The molecule has 0 aliphatic heterocycles. The number of hydrogen-bond donors (Lipinski definition) is 1. The Morgan fingerprint density at radius 1 is 1.20 bits per heavy atom. The van der Waals surface area contributed by atoms with Crippen molar-refractivity contribution >= 4 is 5.91 Å². The van der Waals surface area contributed by atoms with Crippen molar-refractivity contribution in [2.45, 2.75) is 25.3 Å². The maximum absolute atomic E-state index is 13.6. The molecule has 0 saturated heterocycles. The van der Waals surface area contributed by atoms with Gasteiger partial charge in [0.2, 0.25) is 0 Å². The third-order valence-electron chi connectivity index (χ3n) is 4.55. The van der Waals surface area contributed by atoms with Crippen molar-refractivity contribution in [2.75, 3.05) is 0 Å². The first kappa shape index (κ1) is 15.6. The molecule has 1 amide bonds. The summed E-state index contributed by atoms with van der Waals surface area (Å²) in [7, 11) is 0. The Morgan fingerprint density at radius 2 is 2.04 bits per heavy atom. The molecule has 3 aromatic rings. The maximum atomic E-state index is 13.6. The van der Waals surface area contributed by atoms with Crippen LogP contribution >= 0.6 is 0 Å². The Kier molecular flexibility index (Phi) is 4.06. The summed E-state index contributed by atoms with van der Waals surface area (Å²) in [6.45, 7) is 0. The molecular formula is C20H17FN2O2. The molecule has 1 N–H and O–H groups in total. The van der Waals surface area contributed by atoms with Gasteiger partial charge in [-0.1, -0.05) is 36.4 Å². The summed E-state index contributed by atoms with van der Waals surface area (Å²) in [4.78, 5) is 16.8. The molecule has 25 heavy (non-hydrogen) atoms. The van der Waals surface area contributed by atoms with Crippen LogP contribution in [-0.2, 0) is 6.42 Å². The first-order valence-electron chi connectivity index (χ1n) is 8.30. The van der Waals surface area contributed by atoms with Crippen LogP contribution in [0.3, 0.4) is 0 Å². The fourth-order valence-electron chi connectivity index (χ4n) is 3.35. The Bertz CT molecular complexity index is 905. The lowest BCUT2D eigenvalue weighted by Gasteiger charge is -2.26. The largest absolute Gasteiger partial charge is 0.443 e. The Morgan fingerprint density at radius 3 is 2.88 bits per heavy atom. The number of nitrogens with one attached hydrogen (secondary N) is 1. The molecule has 1 aromatic heterocycles.